The average Bonchev–Trinajstić information content (AvgIpc) is 2.94. The van der Waals surface area contributed by atoms with E-state index in [9.17, 15) is 9.90 Å². The van der Waals surface area contributed by atoms with Gasteiger partial charge in [-0.1, -0.05) is 25.4 Å². The number of aliphatic carboxylic acids is 1. The molecule has 0 saturated carbocycles. The molecule has 2 atom stereocenters. The fourth-order valence-electron chi connectivity index (χ4n) is 2.57. The Morgan fingerprint density at radius 2 is 2.37 bits per heavy atom. The minimum Gasteiger partial charge on any atom is -0.480 e. The number of carboxylic acids is 1. The molecule has 1 fully saturated rings. The van der Waals surface area contributed by atoms with Gasteiger partial charge in [0, 0.05) is 6.42 Å². The Balaban J connectivity index is 1.96. The molecule has 6 heteroatoms. The number of carbonyl (C=O) groups is 1. The van der Waals surface area contributed by atoms with Gasteiger partial charge in [-0.2, -0.15) is 4.98 Å². The first kappa shape index (κ1) is 14.0. The Morgan fingerprint density at radius 1 is 1.58 bits per heavy atom. The molecule has 1 aromatic heterocycles. The summed E-state index contributed by atoms with van der Waals surface area (Å²) in [6, 6.07) is -0.439. The van der Waals surface area contributed by atoms with Gasteiger partial charge in [0.1, 0.15) is 6.04 Å². The summed E-state index contributed by atoms with van der Waals surface area (Å²) in [7, 11) is 0. The maximum absolute atomic E-state index is 11.3. The number of rotatable bonds is 6. The summed E-state index contributed by atoms with van der Waals surface area (Å²) in [5, 5.41) is 13.2. The number of aryl methyl sites for hydroxylation is 1. The van der Waals surface area contributed by atoms with Crippen LogP contribution >= 0.6 is 0 Å². The molecule has 106 valence electrons. The standard InChI is InChI=1S/C13H21N3O3/c1-3-4-5-10-14-11(19-15-10)8-16-7-6-9(2)12(16)13(17)18/h9,12H,3-8H2,1-2H3,(H,17,18). The van der Waals surface area contributed by atoms with Gasteiger partial charge in [-0.3, -0.25) is 9.69 Å². The van der Waals surface area contributed by atoms with Crippen LogP contribution in [-0.4, -0.2) is 38.7 Å². The van der Waals surface area contributed by atoms with E-state index in [0.29, 0.717) is 12.4 Å². The predicted molar refractivity (Wildman–Crippen MR) is 68.5 cm³/mol. The van der Waals surface area contributed by atoms with Crippen molar-refractivity contribution >= 4 is 5.97 Å². The van der Waals surface area contributed by atoms with Crippen LogP contribution in [0.25, 0.3) is 0 Å². The summed E-state index contributed by atoms with van der Waals surface area (Å²) in [5.41, 5.74) is 0. The lowest BCUT2D eigenvalue weighted by molar-refractivity contribution is -0.143. The van der Waals surface area contributed by atoms with Crippen molar-refractivity contribution < 1.29 is 14.4 Å². The summed E-state index contributed by atoms with van der Waals surface area (Å²) in [6.07, 6.45) is 3.85. The van der Waals surface area contributed by atoms with Gasteiger partial charge < -0.3 is 9.63 Å². The molecule has 0 aliphatic carbocycles. The molecule has 2 unspecified atom stereocenters. The first-order valence-electron chi connectivity index (χ1n) is 6.90. The van der Waals surface area contributed by atoms with Crippen LogP contribution in [0.2, 0.25) is 0 Å². The summed E-state index contributed by atoms with van der Waals surface area (Å²) in [4.78, 5) is 17.5. The van der Waals surface area contributed by atoms with Crippen LogP contribution in [-0.2, 0) is 17.8 Å². The second-order valence-corrected chi connectivity index (χ2v) is 5.23. The maximum atomic E-state index is 11.3. The zero-order chi connectivity index (χ0) is 13.8. The molecule has 0 radical (unpaired) electrons. The summed E-state index contributed by atoms with van der Waals surface area (Å²) in [5.74, 6) is 0.637. The molecule has 0 bridgehead atoms. The highest BCUT2D eigenvalue weighted by atomic mass is 16.5. The molecule has 0 aromatic carbocycles. The highest BCUT2D eigenvalue weighted by Crippen LogP contribution is 2.25. The fourth-order valence-corrected chi connectivity index (χ4v) is 2.57. The van der Waals surface area contributed by atoms with E-state index in [1.807, 2.05) is 11.8 Å². The average molecular weight is 267 g/mol. The van der Waals surface area contributed by atoms with Crippen LogP contribution in [0.1, 0.15) is 44.8 Å². The third-order valence-corrected chi connectivity index (χ3v) is 3.66. The van der Waals surface area contributed by atoms with Gasteiger partial charge in [-0.05, 0) is 25.3 Å². The van der Waals surface area contributed by atoms with Crippen LogP contribution in [0.5, 0.6) is 0 Å². The SMILES string of the molecule is CCCCc1noc(CN2CCC(C)C2C(=O)O)n1. The van der Waals surface area contributed by atoms with Gasteiger partial charge in [0.15, 0.2) is 5.82 Å². The summed E-state index contributed by atoms with van der Waals surface area (Å²) < 4.78 is 5.19. The molecule has 1 aliphatic heterocycles. The molecule has 1 N–H and O–H groups in total. The zero-order valence-electron chi connectivity index (χ0n) is 11.5. The topological polar surface area (TPSA) is 79.5 Å². The quantitative estimate of drug-likeness (QED) is 0.845. The van der Waals surface area contributed by atoms with Gasteiger partial charge in [0.05, 0.1) is 6.54 Å². The largest absolute Gasteiger partial charge is 0.480 e. The van der Waals surface area contributed by atoms with E-state index in [0.717, 1.165) is 38.1 Å². The van der Waals surface area contributed by atoms with Gasteiger partial charge in [0.25, 0.3) is 0 Å². The number of hydrogen-bond acceptors (Lipinski definition) is 5. The number of hydrogen-bond donors (Lipinski definition) is 1. The zero-order valence-corrected chi connectivity index (χ0v) is 11.5. The monoisotopic (exact) mass is 267 g/mol. The Morgan fingerprint density at radius 3 is 3.05 bits per heavy atom. The lowest BCUT2D eigenvalue weighted by Crippen LogP contribution is -2.38. The van der Waals surface area contributed by atoms with Crippen molar-refractivity contribution in [3.8, 4) is 0 Å². The second-order valence-electron chi connectivity index (χ2n) is 5.23. The number of unbranched alkanes of at least 4 members (excludes halogenated alkanes) is 1. The second kappa shape index (κ2) is 6.14. The molecule has 1 saturated heterocycles. The van der Waals surface area contributed by atoms with Gasteiger partial charge in [0.2, 0.25) is 5.89 Å². The molecule has 6 nitrogen and oxygen atoms in total. The highest BCUT2D eigenvalue weighted by Gasteiger charge is 2.37. The third kappa shape index (κ3) is 3.32. The van der Waals surface area contributed by atoms with Crippen molar-refractivity contribution in [2.24, 2.45) is 5.92 Å². The van der Waals surface area contributed by atoms with Crippen molar-refractivity contribution in [2.75, 3.05) is 6.54 Å². The first-order chi connectivity index (χ1) is 9.11. The minimum absolute atomic E-state index is 0.167. The van der Waals surface area contributed by atoms with Crippen LogP contribution in [0, 0.1) is 5.92 Å². The van der Waals surface area contributed by atoms with Crippen LogP contribution in [0.15, 0.2) is 4.52 Å². The third-order valence-electron chi connectivity index (χ3n) is 3.66. The lowest BCUT2D eigenvalue weighted by atomic mass is 10.0. The summed E-state index contributed by atoms with van der Waals surface area (Å²) >= 11 is 0. The Bertz CT molecular complexity index is 433. The molecule has 0 spiro atoms. The van der Waals surface area contributed by atoms with E-state index in [1.54, 1.807) is 0 Å². The lowest BCUT2D eigenvalue weighted by Gasteiger charge is -2.20. The molecule has 2 rings (SSSR count). The Hall–Kier alpha value is -1.43. The summed E-state index contributed by atoms with van der Waals surface area (Å²) in [6.45, 7) is 5.29. The highest BCUT2D eigenvalue weighted by molar-refractivity contribution is 5.74. The van der Waals surface area contributed by atoms with Crippen molar-refractivity contribution in [2.45, 2.75) is 52.1 Å². The van der Waals surface area contributed by atoms with E-state index < -0.39 is 12.0 Å². The van der Waals surface area contributed by atoms with Crippen LogP contribution in [0.4, 0.5) is 0 Å². The Kier molecular flexibility index (Phi) is 4.52. The fraction of sp³-hybridized carbons (Fsp3) is 0.769. The molecule has 19 heavy (non-hydrogen) atoms. The normalized spacial score (nSPS) is 23.9. The van der Waals surface area contributed by atoms with E-state index in [1.165, 1.54) is 0 Å². The predicted octanol–water partition coefficient (Wildman–Crippen LogP) is 1.71. The molecular formula is C13H21N3O3. The minimum atomic E-state index is -0.768. The van der Waals surface area contributed by atoms with Crippen molar-refractivity contribution in [3.63, 3.8) is 0 Å². The first-order valence-corrected chi connectivity index (χ1v) is 6.90. The molecule has 0 amide bonds. The van der Waals surface area contributed by atoms with Gasteiger partial charge in [-0.15, -0.1) is 0 Å². The van der Waals surface area contributed by atoms with E-state index in [2.05, 4.69) is 17.1 Å². The smallest absolute Gasteiger partial charge is 0.321 e. The number of carboxylic acid groups (broad SMARTS) is 1. The van der Waals surface area contributed by atoms with Gasteiger partial charge in [-0.25, -0.2) is 0 Å². The van der Waals surface area contributed by atoms with Crippen molar-refractivity contribution in [3.05, 3.63) is 11.7 Å². The van der Waals surface area contributed by atoms with Crippen molar-refractivity contribution in [1.29, 1.82) is 0 Å². The molecule has 1 aliphatic rings. The maximum Gasteiger partial charge on any atom is 0.321 e. The Labute approximate surface area is 112 Å². The van der Waals surface area contributed by atoms with Crippen LogP contribution in [0.3, 0.4) is 0 Å². The number of nitrogens with zero attached hydrogens (tertiary/aromatic N) is 3. The van der Waals surface area contributed by atoms with E-state index >= 15 is 0 Å². The number of likely N-dealkylation sites (tertiary alicyclic amines) is 1. The van der Waals surface area contributed by atoms with Crippen LogP contribution < -0.4 is 0 Å². The van der Waals surface area contributed by atoms with Gasteiger partial charge >= 0.3 is 5.97 Å². The number of aromatic nitrogens is 2. The van der Waals surface area contributed by atoms with E-state index in [4.69, 9.17) is 4.52 Å². The van der Waals surface area contributed by atoms with E-state index in [-0.39, 0.29) is 5.92 Å². The molecule has 1 aromatic rings. The molecule has 2 heterocycles. The molecular weight excluding hydrogens is 246 g/mol. The van der Waals surface area contributed by atoms with Crippen molar-refractivity contribution in [1.82, 2.24) is 15.0 Å².